The molecule has 1 aliphatic carbocycles. The minimum Gasteiger partial charge on any atom is -0.303 e. The maximum absolute atomic E-state index is 5.00. The first kappa shape index (κ1) is 11.7. The van der Waals surface area contributed by atoms with E-state index in [-0.39, 0.29) is 0 Å². The summed E-state index contributed by atoms with van der Waals surface area (Å²) in [6.07, 6.45) is 7.40. The Bertz CT molecular complexity index is 722. The highest BCUT2D eigenvalue weighted by Crippen LogP contribution is 2.36. The van der Waals surface area contributed by atoms with Crippen LogP contribution in [0, 0.1) is 0 Å². The van der Waals surface area contributed by atoms with Crippen LogP contribution in [0.2, 0.25) is 0 Å². The van der Waals surface area contributed by atoms with E-state index < -0.39 is 0 Å². The van der Waals surface area contributed by atoms with Gasteiger partial charge in [0.1, 0.15) is 5.82 Å². The van der Waals surface area contributed by atoms with Crippen LogP contribution in [0.4, 0.5) is 0 Å². The smallest absolute Gasteiger partial charge is 0.117 e. The minimum atomic E-state index is 0.627. The Morgan fingerprint density at radius 2 is 1.65 bits per heavy atom. The van der Waals surface area contributed by atoms with Crippen molar-refractivity contribution >= 4 is 5.52 Å². The van der Waals surface area contributed by atoms with Crippen LogP contribution in [0.15, 0.2) is 54.7 Å². The van der Waals surface area contributed by atoms with Crippen molar-refractivity contribution in [3.05, 3.63) is 60.6 Å². The lowest BCUT2D eigenvalue weighted by Crippen LogP contribution is -1.99. The predicted octanol–water partition coefficient (Wildman–Crippen LogP) is 4.66. The van der Waals surface area contributed by atoms with Crippen molar-refractivity contribution in [3.8, 4) is 11.3 Å². The van der Waals surface area contributed by atoms with Crippen molar-refractivity contribution in [3.63, 3.8) is 0 Å². The maximum Gasteiger partial charge on any atom is 0.117 e. The highest BCUT2D eigenvalue weighted by atomic mass is 15.0. The molecule has 100 valence electrons. The molecular weight excluding hydrogens is 244 g/mol. The molecule has 0 bridgehead atoms. The van der Waals surface area contributed by atoms with Gasteiger partial charge >= 0.3 is 0 Å². The molecule has 0 N–H and O–H groups in total. The molecule has 0 aliphatic heterocycles. The molecule has 2 heterocycles. The molecule has 0 spiro atoms. The van der Waals surface area contributed by atoms with Crippen molar-refractivity contribution in [2.24, 2.45) is 0 Å². The molecule has 0 saturated heterocycles. The summed E-state index contributed by atoms with van der Waals surface area (Å²) in [7, 11) is 0. The highest BCUT2D eigenvalue weighted by molar-refractivity contribution is 5.77. The Kier molecular flexibility index (Phi) is 2.80. The van der Waals surface area contributed by atoms with E-state index >= 15 is 0 Å². The van der Waals surface area contributed by atoms with E-state index in [4.69, 9.17) is 4.98 Å². The molecule has 1 aromatic carbocycles. The van der Waals surface area contributed by atoms with Crippen molar-refractivity contribution < 1.29 is 0 Å². The third-order valence-corrected chi connectivity index (χ3v) is 4.34. The molecular formula is C18H18N2. The molecule has 4 rings (SSSR count). The minimum absolute atomic E-state index is 0.627. The van der Waals surface area contributed by atoms with Crippen LogP contribution in [-0.2, 0) is 0 Å². The fourth-order valence-electron chi connectivity index (χ4n) is 3.34. The number of hydrogen-bond acceptors (Lipinski definition) is 1. The predicted molar refractivity (Wildman–Crippen MR) is 81.8 cm³/mol. The van der Waals surface area contributed by atoms with E-state index in [9.17, 15) is 0 Å². The zero-order chi connectivity index (χ0) is 13.4. The van der Waals surface area contributed by atoms with Gasteiger partial charge in [-0.05, 0) is 25.0 Å². The Labute approximate surface area is 119 Å². The second kappa shape index (κ2) is 4.78. The molecule has 0 unspecified atom stereocenters. The number of fused-ring (bicyclic) bond motifs is 1. The normalized spacial score (nSPS) is 16.0. The molecule has 2 nitrogen and oxygen atoms in total. The van der Waals surface area contributed by atoms with Crippen LogP contribution in [0.3, 0.4) is 0 Å². The van der Waals surface area contributed by atoms with Crippen molar-refractivity contribution in [2.75, 3.05) is 0 Å². The Hall–Kier alpha value is -2.09. The van der Waals surface area contributed by atoms with Gasteiger partial charge < -0.3 is 4.40 Å². The lowest BCUT2D eigenvalue weighted by Gasteiger charge is -2.07. The van der Waals surface area contributed by atoms with E-state index in [0.717, 1.165) is 5.69 Å². The number of rotatable bonds is 2. The summed E-state index contributed by atoms with van der Waals surface area (Å²) in [5.74, 6) is 1.87. The van der Waals surface area contributed by atoms with Crippen LogP contribution < -0.4 is 0 Å². The fraction of sp³-hybridized carbons (Fsp3) is 0.278. The molecule has 20 heavy (non-hydrogen) atoms. The number of hydrogen-bond donors (Lipinski definition) is 0. The van der Waals surface area contributed by atoms with Crippen molar-refractivity contribution in [2.45, 2.75) is 31.6 Å². The lowest BCUT2D eigenvalue weighted by atomic mass is 10.1. The van der Waals surface area contributed by atoms with Gasteiger partial charge in [-0.15, -0.1) is 0 Å². The van der Waals surface area contributed by atoms with Gasteiger partial charge in [-0.3, -0.25) is 0 Å². The second-order valence-electron chi connectivity index (χ2n) is 5.62. The molecule has 3 aromatic rings. The van der Waals surface area contributed by atoms with Crippen LogP contribution in [0.25, 0.3) is 16.8 Å². The van der Waals surface area contributed by atoms with Gasteiger partial charge in [0, 0.05) is 17.7 Å². The molecule has 2 heteroatoms. The van der Waals surface area contributed by atoms with Gasteiger partial charge in [0.2, 0.25) is 0 Å². The SMILES string of the molecule is c1ccc(-c2nc(C3CCCC3)n3ccccc23)cc1. The Morgan fingerprint density at radius 3 is 2.45 bits per heavy atom. The summed E-state index contributed by atoms with van der Waals surface area (Å²) in [4.78, 5) is 5.00. The van der Waals surface area contributed by atoms with Gasteiger partial charge in [0.05, 0.1) is 11.2 Å². The maximum atomic E-state index is 5.00. The van der Waals surface area contributed by atoms with Gasteiger partial charge in [-0.1, -0.05) is 49.2 Å². The number of aromatic nitrogens is 2. The Morgan fingerprint density at radius 1 is 0.900 bits per heavy atom. The summed E-state index contributed by atoms with van der Waals surface area (Å²) in [5, 5.41) is 0. The van der Waals surface area contributed by atoms with E-state index in [0.29, 0.717) is 5.92 Å². The zero-order valence-electron chi connectivity index (χ0n) is 11.5. The van der Waals surface area contributed by atoms with Crippen molar-refractivity contribution in [1.82, 2.24) is 9.38 Å². The van der Waals surface area contributed by atoms with E-state index in [2.05, 4.69) is 59.1 Å². The third kappa shape index (κ3) is 1.83. The summed E-state index contributed by atoms with van der Waals surface area (Å²) >= 11 is 0. The summed E-state index contributed by atoms with van der Waals surface area (Å²) in [5.41, 5.74) is 3.55. The number of nitrogens with zero attached hydrogens (tertiary/aromatic N) is 2. The molecule has 0 atom stereocenters. The van der Waals surface area contributed by atoms with Crippen LogP contribution >= 0.6 is 0 Å². The average Bonchev–Trinajstić information content (AvgIpc) is 3.15. The third-order valence-electron chi connectivity index (χ3n) is 4.34. The quantitative estimate of drug-likeness (QED) is 0.656. The van der Waals surface area contributed by atoms with E-state index in [1.54, 1.807) is 0 Å². The molecule has 1 fully saturated rings. The molecule has 1 aliphatic rings. The topological polar surface area (TPSA) is 17.3 Å². The summed E-state index contributed by atoms with van der Waals surface area (Å²) in [6.45, 7) is 0. The summed E-state index contributed by atoms with van der Waals surface area (Å²) < 4.78 is 2.29. The van der Waals surface area contributed by atoms with Crippen molar-refractivity contribution in [1.29, 1.82) is 0 Å². The van der Waals surface area contributed by atoms with E-state index in [1.807, 2.05) is 0 Å². The molecule has 1 saturated carbocycles. The fourth-order valence-corrected chi connectivity index (χ4v) is 3.34. The standard InChI is InChI=1S/C18H18N2/c1-2-8-14(9-3-1)17-16-12-6-7-13-20(16)18(19-17)15-10-4-5-11-15/h1-3,6-9,12-13,15H,4-5,10-11H2. The van der Waals surface area contributed by atoms with Gasteiger partial charge in [-0.25, -0.2) is 4.98 Å². The van der Waals surface area contributed by atoms with Gasteiger partial charge in [0.15, 0.2) is 0 Å². The van der Waals surface area contributed by atoms with E-state index in [1.165, 1.54) is 42.6 Å². The monoisotopic (exact) mass is 262 g/mol. The Balaban J connectivity index is 1.93. The highest BCUT2D eigenvalue weighted by Gasteiger charge is 2.23. The van der Waals surface area contributed by atoms with Gasteiger partial charge in [0.25, 0.3) is 0 Å². The first-order valence-corrected chi connectivity index (χ1v) is 7.46. The first-order chi connectivity index (χ1) is 9.93. The largest absolute Gasteiger partial charge is 0.303 e. The number of pyridine rings is 1. The van der Waals surface area contributed by atoms with Crippen LogP contribution in [0.1, 0.15) is 37.4 Å². The second-order valence-corrected chi connectivity index (χ2v) is 5.62. The average molecular weight is 262 g/mol. The molecule has 0 radical (unpaired) electrons. The van der Waals surface area contributed by atoms with Gasteiger partial charge in [-0.2, -0.15) is 0 Å². The zero-order valence-corrected chi connectivity index (χ0v) is 11.5. The first-order valence-electron chi connectivity index (χ1n) is 7.46. The van der Waals surface area contributed by atoms with Crippen LogP contribution in [0.5, 0.6) is 0 Å². The molecule has 2 aromatic heterocycles. The number of imidazole rings is 1. The molecule has 0 amide bonds. The summed E-state index contributed by atoms with van der Waals surface area (Å²) in [6, 6.07) is 16.9. The lowest BCUT2D eigenvalue weighted by molar-refractivity contribution is 0.665. The number of benzene rings is 1. The van der Waals surface area contributed by atoms with Crippen LogP contribution in [-0.4, -0.2) is 9.38 Å².